The van der Waals surface area contributed by atoms with Crippen LogP contribution >= 0.6 is 0 Å². The Hall–Kier alpha value is -1.99. The lowest BCUT2D eigenvalue weighted by molar-refractivity contribution is -0.384. The summed E-state index contributed by atoms with van der Waals surface area (Å²) in [4.78, 5) is 23.8. The molecule has 1 aromatic rings. The fourth-order valence-electron chi connectivity index (χ4n) is 2.13. The molecule has 0 bridgehead atoms. The summed E-state index contributed by atoms with van der Waals surface area (Å²) in [6.45, 7) is 3.74. The van der Waals surface area contributed by atoms with Crippen LogP contribution in [0, 0.1) is 10.1 Å². The Balaban J connectivity index is 1.67. The number of carbonyl (C=O) groups is 1. The van der Waals surface area contributed by atoms with Gasteiger partial charge in [0.05, 0.1) is 18.1 Å². The van der Waals surface area contributed by atoms with Crippen LogP contribution in [0.4, 0.5) is 5.69 Å². The smallest absolute Gasteiger partial charge is 0.269 e. The Morgan fingerprint density at radius 1 is 1.29 bits per heavy atom. The van der Waals surface area contributed by atoms with Crippen molar-refractivity contribution in [3.8, 4) is 0 Å². The molecule has 0 saturated carbocycles. The molecular formula is C14H19N3O4. The van der Waals surface area contributed by atoms with Crippen LogP contribution in [0.1, 0.15) is 12.0 Å². The van der Waals surface area contributed by atoms with Crippen LogP contribution in [0.5, 0.6) is 0 Å². The van der Waals surface area contributed by atoms with E-state index in [2.05, 4.69) is 5.32 Å². The van der Waals surface area contributed by atoms with E-state index in [-0.39, 0.29) is 11.6 Å². The van der Waals surface area contributed by atoms with Gasteiger partial charge in [-0.3, -0.25) is 14.9 Å². The van der Waals surface area contributed by atoms with Gasteiger partial charge in [-0.25, -0.2) is 0 Å². The molecule has 0 atom stereocenters. The van der Waals surface area contributed by atoms with E-state index in [0.29, 0.717) is 45.8 Å². The molecule has 2 rings (SSSR count). The minimum atomic E-state index is -0.418. The molecule has 114 valence electrons. The van der Waals surface area contributed by atoms with Gasteiger partial charge in [0.2, 0.25) is 5.91 Å². The Labute approximate surface area is 123 Å². The fourth-order valence-corrected chi connectivity index (χ4v) is 2.13. The van der Waals surface area contributed by atoms with Gasteiger partial charge < -0.3 is 15.0 Å². The lowest BCUT2D eigenvalue weighted by Gasteiger charge is -2.26. The monoisotopic (exact) mass is 293 g/mol. The van der Waals surface area contributed by atoms with Gasteiger partial charge in [0, 0.05) is 44.7 Å². The normalized spacial score (nSPS) is 15.0. The van der Waals surface area contributed by atoms with Gasteiger partial charge in [-0.2, -0.15) is 0 Å². The number of carbonyl (C=O) groups excluding carboxylic acids is 1. The number of benzene rings is 1. The molecule has 1 amide bonds. The van der Waals surface area contributed by atoms with Gasteiger partial charge in [-0.1, -0.05) is 12.1 Å². The van der Waals surface area contributed by atoms with E-state index in [9.17, 15) is 14.9 Å². The lowest BCUT2D eigenvalue weighted by Crippen LogP contribution is -2.41. The first-order valence-electron chi connectivity index (χ1n) is 6.96. The predicted octanol–water partition coefficient (Wildman–Crippen LogP) is 0.933. The number of nitro benzene ring substituents is 1. The van der Waals surface area contributed by atoms with E-state index in [1.807, 2.05) is 4.90 Å². The molecule has 7 heteroatoms. The van der Waals surface area contributed by atoms with Gasteiger partial charge >= 0.3 is 0 Å². The average Bonchev–Trinajstić information content (AvgIpc) is 2.52. The summed E-state index contributed by atoms with van der Waals surface area (Å²) in [7, 11) is 0. The maximum Gasteiger partial charge on any atom is 0.269 e. The van der Waals surface area contributed by atoms with Crippen molar-refractivity contribution in [2.24, 2.45) is 0 Å². The number of hydrogen-bond donors (Lipinski definition) is 1. The second-order valence-electron chi connectivity index (χ2n) is 4.84. The Bertz CT molecular complexity index is 483. The van der Waals surface area contributed by atoms with Crippen LogP contribution in [0.3, 0.4) is 0 Å². The van der Waals surface area contributed by atoms with Crippen molar-refractivity contribution in [1.82, 2.24) is 10.2 Å². The quantitative estimate of drug-likeness (QED) is 0.479. The number of ether oxygens (including phenoxy) is 1. The van der Waals surface area contributed by atoms with Crippen molar-refractivity contribution < 1.29 is 14.5 Å². The fraction of sp³-hybridized carbons (Fsp3) is 0.500. The van der Waals surface area contributed by atoms with Crippen molar-refractivity contribution in [1.29, 1.82) is 0 Å². The number of morpholine rings is 1. The van der Waals surface area contributed by atoms with Crippen molar-refractivity contribution in [3.63, 3.8) is 0 Å². The third-order valence-electron chi connectivity index (χ3n) is 3.36. The van der Waals surface area contributed by atoms with Crippen LogP contribution in [-0.2, 0) is 16.1 Å². The molecule has 0 aromatic heterocycles. The molecule has 1 aliphatic rings. The minimum Gasteiger partial charge on any atom is -0.378 e. The van der Waals surface area contributed by atoms with E-state index in [4.69, 9.17) is 4.74 Å². The number of nitrogens with zero attached hydrogens (tertiary/aromatic N) is 2. The number of non-ortho nitro benzene ring substituents is 1. The maximum absolute atomic E-state index is 11.9. The first kappa shape index (κ1) is 15.4. The number of amides is 1. The summed E-state index contributed by atoms with van der Waals surface area (Å²) in [6, 6.07) is 6.40. The third kappa shape index (κ3) is 4.80. The van der Waals surface area contributed by atoms with Gasteiger partial charge in [0.25, 0.3) is 5.69 Å². The first-order valence-corrected chi connectivity index (χ1v) is 6.96. The topological polar surface area (TPSA) is 84.7 Å². The summed E-state index contributed by atoms with van der Waals surface area (Å²) in [6.07, 6.45) is 0.451. The molecule has 1 N–H and O–H groups in total. The Morgan fingerprint density at radius 3 is 2.57 bits per heavy atom. The van der Waals surface area contributed by atoms with Gasteiger partial charge in [0.15, 0.2) is 0 Å². The van der Waals surface area contributed by atoms with Crippen molar-refractivity contribution in [3.05, 3.63) is 39.9 Å². The van der Waals surface area contributed by atoms with Crippen molar-refractivity contribution in [2.45, 2.75) is 13.0 Å². The van der Waals surface area contributed by atoms with Crippen LogP contribution in [-0.4, -0.2) is 48.6 Å². The van der Waals surface area contributed by atoms with Gasteiger partial charge in [0.1, 0.15) is 0 Å². The molecule has 1 aliphatic heterocycles. The van der Waals surface area contributed by atoms with Crippen molar-refractivity contribution in [2.75, 3.05) is 32.8 Å². The molecule has 0 unspecified atom stereocenters. The summed E-state index contributed by atoms with van der Waals surface area (Å²) < 4.78 is 5.20. The highest BCUT2D eigenvalue weighted by atomic mass is 16.6. The van der Waals surface area contributed by atoms with Crippen LogP contribution in [0.25, 0.3) is 0 Å². The molecule has 7 nitrogen and oxygen atoms in total. The van der Waals surface area contributed by atoms with Crippen LogP contribution in [0.2, 0.25) is 0 Å². The van der Waals surface area contributed by atoms with E-state index in [1.165, 1.54) is 12.1 Å². The Morgan fingerprint density at radius 2 is 1.95 bits per heavy atom. The summed E-state index contributed by atoms with van der Waals surface area (Å²) in [5.41, 5.74) is 1.04. The zero-order valence-electron chi connectivity index (χ0n) is 11.8. The standard InChI is InChI=1S/C14H19N3O4/c18-14(16-7-9-21-10-8-16)5-6-15-11-12-1-3-13(4-2-12)17(19)20/h1-4,15H,5-11H2. The van der Waals surface area contributed by atoms with Crippen molar-refractivity contribution >= 4 is 11.6 Å². The number of nitrogens with one attached hydrogen (secondary N) is 1. The average molecular weight is 293 g/mol. The van der Waals surface area contributed by atoms with E-state index < -0.39 is 4.92 Å². The number of nitro groups is 1. The SMILES string of the molecule is O=C(CCNCc1ccc([N+](=O)[O-])cc1)N1CCOCC1. The molecule has 21 heavy (non-hydrogen) atoms. The number of hydrogen-bond acceptors (Lipinski definition) is 5. The highest BCUT2D eigenvalue weighted by molar-refractivity contribution is 5.76. The highest BCUT2D eigenvalue weighted by Crippen LogP contribution is 2.11. The van der Waals surface area contributed by atoms with Gasteiger partial charge in [-0.15, -0.1) is 0 Å². The summed E-state index contributed by atoms with van der Waals surface area (Å²) >= 11 is 0. The molecule has 0 aliphatic carbocycles. The highest BCUT2D eigenvalue weighted by Gasteiger charge is 2.15. The zero-order chi connectivity index (χ0) is 15.1. The predicted molar refractivity (Wildman–Crippen MR) is 76.8 cm³/mol. The Kier molecular flexibility index (Phi) is 5.65. The minimum absolute atomic E-state index is 0.0845. The van der Waals surface area contributed by atoms with E-state index >= 15 is 0 Å². The zero-order valence-corrected chi connectivity index (χ0v) is 11.8. The molecule has 1 heterocycles. The van der Waals surface area contributed by atoms with Crippen LogP contribution in [0.15, 0.2) is 24.3 Å². The first-order chi connectivity index (χ1) is 10.2. The lowest BCUT2D eigenvalue weighted by atomic mass is 10.2. The second kappa shape index (κ2) is 7.70. The third-order valence-corrected chi connectivity index (χ3v) is 3.36. The second-order valence-corrected chi connectivity index (χ2v) is 4.84. The van der Waals surface area contributed by atoms with Crippen LogP contribution < -0.4 is 5.32 Å². The maximum atomic E-state index is 11.9. The molecular weight excluding hydrogens is 274 g/mol. The molecule has 1 fully saturated rings. The summed E-state index contributed by atoms with van der Waals surface area (Å²) in [5, 5.41) is 13.7. The molecule has 1 saturated heterocycles. The van der Waals surface area contributed by atoms with E-state index in [0.717, 1.165) is 5.56 Å². The van der Waals surface area contributed by atoms with E-state index in [1.54, 1.807) is 12.1 Å². The molecule has 0 spiro atoms. The molecule has 1 aromatic carbocycles. The molecule has 0 radical (unpaired) electrons. The van der Waals surface area contributed by atoms with Gasteiger partial charge in [-0.05, 0) is 5.56 Å². The number of rotatable bonds is 6. The largest absolute Gasteiger partial charge is 0.378 e. The summed E-state index contributed by atoms with van der Waals surface area (Å²) in [5.74, 6) is 0.134.